The molecule has 0 atom stereocenters. The highest BCUT2D eigenvalue weighted by molar-refractivity contribution is 7.13. The van der Waals surface area contributed by atoms with Crippen LogP contribution in [0, 0.1) is 0 Å². The third kappa shape index (κ3) is 3.11. The highest BCUT2D eigenvalue weighted by Gasteiger charge is 2.22. The predicted octanol–water partition coefficient (Wildman–Crippen LogP) is 1.98. The van der Waals surface area contributed by atoms with Crippen LogP contribution in [-0.4, -0.2) is 58.9 Å². The molecule has 1 amide bonds. The normalized spacial score (nSPS) is 16.7. The zero-order valence-corrected chi connectivity index (χ0v) is 12.8. The lowest BCUT2D eigenvalue weighted by molar-refractivity contribution is 0.0763. The van der Waals surface area contributed by atoms with Crippen molar-refractivity contribution in [1.82, 2.24) is 19.8 Å². The summed E-state index contributed by atoms with van der Waals surface area (Å²) in [6, 6.07) is 3.68. The Morgan fingerprint density at radius 1 is 1.29 bits per heavy atom. The number of nitrogens with zero attached hydrogens (tertiary/aromatic N) is 4. The van der Waals surface area contributed by atoms with Gasteiger partial charge in [0.25, 0.3) is 5.91 Å². The molecular formula is C15H18N4OS. The van der Waals surface area contributed by atoms with Crippen molar-refractivity contribution < 1.29 is 4.79 Å². The molecule has 5 nitrogen and oxygen atoms in total. The first-order valence-corrected chi connectivity index (χ1v) is 7.95. The second kappa shape index (κ2) is 6.32. The maximum absolute atomic E-state index is 12.8. The van der Waals surface area contributed by atoms with Crippen LogP contribution in [0.5, 0.6) is 0 Å². The highest BCUT2D eigenvalue weighted by Crippen LogP contribution is 2.25. The van der Waals surface area contributed by atoms with Gasteiger partial charge in [-0.05, 0) is 32.1 Å². The van der Waals surface area contributed by atoms with Crippen LogP contribution in [-0.2, 0) is 0 Å². The zero-order chi connectivity index (χ0) is 14.7. The van der Waals surface area contributed by atoms with Crippen LogP contribution < -0.4 is 0 Å². The van der Waals surface area contributed by atoms with E-state index >= 15 is 0 Å². The molecule has 6 heteroatoms. The molecule has 3 rings (SSSR count). The van der Waals surface area contributed by atoms with E-state index in [4.69, 9.17) is 0 Å². The molecule has 0 saturated carbocycles. The van der Waals surface area contributed by atoms with Crippen molar-refractivity contribution in [2.75, 3.05) is 33.2 Å². The smallest absolute Gasteiger partial charge is 0.256 e. The van der Waals surface area contributed by atoms with Crippen molar-refractivity contribution in [2.45, 2.75) is 6.42 Å². The SMILES string of the molecule is CN1CCCN(C(=O)c2cccnc2-c2cncs2)CC1. The minimum Gasteiger partial charge on any atom is -0.337 e. The molecule has 2 aromatic heterocycles. The molecule has 21 heavy (non-hydrogen) atoms. The first-order chi connectivity index (χ1) is 10.3. The molecule has 1 saturated heterocycles. The Bertz CT molecular complexity index is 614. The van der Waals surface area contributed by atoms with Gasteiger partial charge in [0.05, 0.1) is 21.6 Å². The van der Waals surface area contributed by atoms with Gasteiger partial charge in [0.1, 0.15) is 0 Å². The molecule has 3 heterocycles. The van der Waals surface area contributed by atoms with E-state index in [-0.39, 0.29) is 5.91 Å². The molecule has 0 unspecified atom stereocenters. The van der Waals surface area contributed by atoms with Crippen molar-refractivity contribution in [2.24, 2.45) is 0 Å². The molecule has 110 valence electrons. The summed E-state index contributed by atoms with van der Waals surface area (Å²) in [5.41, 5.74) is 3.17. The second-order valence-electron chi connectivity index (χ2n) is 5.21. The summed E-state index contributed by atoms with van der Waals surface area (Å²) in [5.74, 6) is 0.0711. The third-order valence-corrected chi connectivity index (χ3v) is 4.49. The Labute approximate surface area is 128 Å². The Kier molecular flexibility index (Phi) is 4.26. The minimum absolute atomic E-state index is 0.0711. The summed E-state index contributed by atoms with van der Waals surface area (Å²) in [7, 11) is 2.10. The van der Waals surface area contributed by atoms with E-state index in [1.165, 1.54) is 11.3 Å². The Balaban J connectivity index is 1.88. The lowest BCUT2D eigenvalue weighted by atomic mass is 10.1. The number of amides is 1. The van der Waals surface area contributed by atoms with E-state index < -0.39 is 0 Å². The fourth-order valence-electron chi connectivity index (χ4n) is 2.53. The number of hydrogen-bond donors (Lipinski definition) is 0. The molecule has 1 aliphatic heterocycles. The number of hydrogen-bond acceptors (Lipinski definition) is 5. The molecule has 1 fully saturated rings. The van der Waals surface area contributed by atoms with Crippen molar-refractivity contribution in [3.8, 4) is 10.6 Å². The van der Waals surface area contributed by atoms with Gasteiger partial charge in [-0.3, -0.25) is 14.8 Å². The largest absolute Gasteiger partial charge is 0.337 e. The van der Waals surface area contributed by atoms with Crippen LogP contribution in [0.1, 0.15) is 16.8 Å². The van der Waals surface area contributed by atoms with Crippen molar-refractivity contribution >= 4 is 17.2 Å². The van der Waals surface area contributed by atoms with E-state index in [9.17, 15) is 4.79 Å². The Morgan fingerprint density at radius 2 is 2.19 bits per heavy atom. The van der Waals surface area contributed by atoms with Crippen molar-refractivity contribution in [1.29, 1.82) is 0 Å². The minimum atomic E-state index is 0.0711. The maximum atomic E-state index is 12.8. The summed E-state index contributed by atoms with van der Waals surface area (Å²) in [6.45, 7) is 3.53. The van der Waals surface area contributed by atoms with Gasteiger partial charge in [0.2, 0.25) is 0 Å². The molecule has 1 aliphatic rings. The monoisotopic (exact) mass is 302 g/mol. The molecule has 0 bridgehead atoms. The van der Waals surface area contributed by atoms with E-state index in [2.05, 4.69) is 21.9 Å². The van der Waals surface area contributed by atoms with E-state index in [0.29, 0.717) is 5.56 Å². The molecule has 0 aromatic carbocycles. The van der Waals surface area contributed by atoms with Crippen LogP contribution in [0.2, 0.25) is 0 Å². The number of aromatic nitrogens is 2. The molecule has 0 spiro atoms. The van der Waals surface area contributed by atoms with Gasteiger partial charge >= 0.3 is 0 Å². The fourth-order valence-corrected chi connectivity index (χ4v) is 3.16. The quantitative estimate of drug-likeness (QED) is 0.851. The number of rotatable bonds is 2. The van der Waals surface area contributed by atoms with Gasteiger partial charge in [-0.15, -0.1) is 11.3 Å². The Morgan fingerprint density at radius 3 is 3.00 bits per heavy atom. The zero-order valence-electron chi connectivity index (χ0n) is 12.0. The van der Waals surface area contributed by atoms with Crippen LogP contribution in [0.15, 0.2) is 30.0 Å². The summed E-state index contributed by atoms with van der Waals surface area (Å²) in [6.07, 6.45) is 4.50. The van der Waals surface area contributed by atoms with Gasteiger partial charge < -0.3 is 9.80 Å². The molecule has 0 radical (unpaired) electrons. The third-order valence-electron chi connectivity index (χ3n) is 3.71. The number of carbonyl (C=O) groups is 1. The second-order valence-corrected chi connectivity index (χ2v) is 6.10. The maximum Gasteiger partial charge on any atom is 0.256 e. The molecule has 0 aliphatic carbocycles. The van der Waals surface area contributed by atoms with Gasteiger partial charge in [0, 0.05) is 32.0 Å². The van der Waals surface area contributed by atoms with Crippen molar-refractivity contribution in [3.05, 3.63) is 35.6 Å². The lowest BCUT2D eigenvalue weighted by Gasteiger charge is -2.21. The summed E-state index contributed by atoms with van der Waals surface area (Å²) < 4.78 is 0. The van der Waals surface area contributed by atoms with E-state index in [1.807, 2.05) is 17.0 Å². The number of pyridine rings is 1. The van der Waals surface area contributed by atoms with Gasteiger partial charge in [-0.1, -0.05) is 0 Å². The van der Waals surface area contributed by atoms with Gasteiger partial charge in [-0.25, -0.2) is 0 Å². The first kappa shape index (κ1) is 14.2. The number of thiazole rings is 1. The lowest BCUT2D eigenvalue weighted by Crippen LogP contribution is -2.34. The van der Waals surface area contributed by atoms with Gasteiger partial charge in [0.15, 0.2) is 0 Å². The van der Waals surface area contributed by atoms with Crippen LogP contribution in [0.3, 0.4) is 0 Å². The molecular weight excluding hydrogens is 284 g/mol. The highest BCUT2D eigenvalue weighted by atomic mass is 32.1. The van der Waals surface area contributed by atoms with Crippen LogP contribution in [0.25, 0.3) is 10.6 Å². The summed E-state index contributed by atoms with van der Waals surface area (Å²) >= 11 is 1.51. The molecule has 2 aromatic rings. The number of carbonyl (C=O) groups excluding carboxylic acids is 1. The topological polar surface area (TPSA) is 49.3 Å². The standard InChI is InChI=1S/C15H18N4OS/c1-18-6-3-7-19(9-8-18)15(20)12-4-2-5-17-14(12)13-10-16-11-21-13/h2,4-5,10-11H,3,6-9H2,1H3. The first-order valence-electron chi connectivity index (χ1n) is 7.07. The van der Waals surface area contributed by atoms with Crippen LogP contribution in [0.4, 0.5) is 0 Å². The predicted molar refractivity (Wildman–Crippen MR) is 83.4 cm³/mol. The Hall–Kier alpha value is -1.79. The van der Waals surface area contributed by atoms with Crippen LogP contribution >= 0.6 is 11.3 Å². The fraction of sp³-hybridized carbons (Fsp3) is 0.400. The number of likely N-dealkylation sites (N-methyl/N-ethyl adjacent to an activating group) is 1. The van der Waals surface area contributed by atoms with E-state index in [1.54, 1.807) is 17.9 Å². The van der Waals surface area contributed by atoms with E-state index in [0.717, 1.165) is 43.2 Å². The van der Waals surface area contributed by atoms with Crippen molar-refractivity contribution in [3.63, 3.8) is 0 Å². The molecule has 0 N–H and O–H groups in total. The average Bonchev–Trinajstić information content (AvgIpc) is 2.96. The summed E-state index contributed by atoms with van der Waals surface area (Å²) in [4.78, 5) is 26.4. The average molecular weight is 302 g/mol. The van der Waals surface area contributed by atoms with Gasteiger partial charge in [-0.2, -0.15) is 0 Å². The summed E-state index contributed by atoms with van der Waals surface area (Å²) in [5, 5.41) is 0.